The maximum Gasteiger partial charge on any atom is 0.353 e. The molecule has 182 valence electrons. The summed E-state index contributed by atoms with van der Waals surface area (Å²) in [7, 11) is 0. The number of fused-ring (bicyclic) bond motifs is 1. The second-order valence-corrected chi connectivity index (χ2v) is 11.4. The van der Waals surface area contributed by atoms with Gasteiger partial charge in [-0.1, -0.05) is 13.8 Å². The van der Waals surface area contributed by atoms with E-state index in [1.165, 1.54) is 23.6 Å². The number of carboxylic acid groups (broad SMARTS) is 1. The zero-order chi connectivity index (χ0) is 24.0. The number of likely N-dealkylation sites (tertiary alicyclic amines) is 1. The van der Waals surface area contributed by atoms with Crippen molar-refractivity contribution in [2.75, 3.05) is 19.6 Å². The number of aliphatic carboxylic acids is 1. The third kappa shape index (κ3) is 4.44. The lowest BCUT2D eigenvalue weighted by Crippen LogP contribution is -2.62. The number of rotatable bonds is 7. The molecule has 4 N–H and O–H groups in total. The topological polar surface area (TPSA) is 133 Å². The fourth-order valence-electron chi connectivity index (χ4n) is 5.94. The molecule has 0 bridgehead atoms. The van der Waals surface area contributed by atoms with E-state index in [4.69, 9.17) is 5.73 Å². The molecule has 0 aromatic rings. The zero-order valence-electron chi connectivity index (χ0n) is 19.5. The van der Waals surface area contributed by atoms with Crippen LogP contribution in [0.2, 0.25) is 0 Å². The fourth-order valence-corrected chi connectivity index (χ4v) is 7.42. The summed E-state index contributed by atoms with van der Waals surface area (Å²) in [5.41, 5.74) is 6.10. The Morgan fingerprint density at radius 3 is 2.70 bits per heavy atom. The molecule has 0 aliphatic carbocycles. The summed E-state index contributed by atoms with van der Waals surface area (Å²) in [4.78, 5) is 53.5. The number of nitrogens with two attached hydrogens (primary N) is 1. The van der Waals surface area contributed by atoms with Gasteiger partial charge < -0.3 is 30.8 Å². The number of nitrogens with one attached hydrogen (secondary N) is 1. The molecule has 0 spiro atoms. The van der Waals surface area contributed by atoms with Gasteiger partial charge in [-0.3, -0.25) is 9.59 Å². The van der Waals surface area contributed by atoms with Crippen LogP contribution < -0.4 is 11.1 Å². The van der Waals surface area contributed by atoms with Crippen molar-refractivity contribution in [3.63, 3.8) is 0 Å². The van der Waals surface area contributed by atoms with Crippen molar-refractivity contribution in [2.45, 2.75) is 69.8 Å². The molecule has 4 heterocycles. The molecule has 0 aromatic carbocycles. The van der Waals surface area contributed by atoms with Gasteiger partial charge in [0, 0.05) is 48.2 Å². The van der Waals surface area contributed by atoms with Crippen LogP contribution in [0.3, 0.4) is 0 Å². The summed E-state index contributed by atoms with van der Waals surface area (Å²) in [5.74, 6) is -1.78. The number of ketones is 1. The lowest BCUT2D eigenvalue weighted by atomic mass is 9.73. The number of thioether (sulfide) groups is 1. The van der Waals surface area contributed by atoms with Crippen molar-refractivity contribution in [2.24, 2.45) is 23.5 Å². The van der Waals surface area contributed by atoms with Crippen LogP contribution in [0.1, 0.15) is 46.5 Å². The second kappa shape index (κ2) is 9.38. The van der Waals surface area contributed by atoms with Gasteiger partial charge in [0.15, 0.2) is 0 Å². The Balaban J connectivity index is 1.44. The predicted molar refractivity (Wildman–Crippen MR) is 124 cm³/mol. The minimum atomic E-state index is -1.10. The quantitative estimate of drug-likeness (QED) is 0.458. The van der Waals surface area contributed by atoms with Crippen molar-refractivity contribution in [1.82, 2.24) is 15.1 Å². The summed E-state index contributed by atoms with van der Waals surface area (Å²) in [6.07, 6.45) is 2.78. The average molecular weight is 479 g/mol. The number of Topliss-reactive ketones (excluding diaryl/α,β-unsaturated/α-hetero) is 1. The first-order valence-electron chi connectivity index (χ1n) is 11.8. The molecule has 33 heavy (non-hydrogen) atoms. The number of nitrogens with zero attached hydrogens (tertiary/aromatic N) is 2. The van der Waals surface area contributed by atoms with Crippen LogP contribution >= 0.6 is 11.8 Å². The van der Waals surface area contributed by atoms with Gasteiger partial charge in [0.05, 0.1) is 18.0 Å². The number of amides is 2. The third-order valence-electron chi connectivity index (χ3n) is 7.47. The molecule has 4 rings (SSSR count). The van der Waals surface area contributed by atoms with Gasteiger partial charge >= 0.3 is 5.97 Å². The number of hydrogen-bond donors (Lipinski definition) is 3. The predicted octanol–water partition coefficient (Wildman–Crippen LogP) is 0.788. The van der Waals surface area contributed by atoms with Gasteiger partial charge in [-0.05, 0) is 32.1 Å². The molecular formula is C23H34N4O5S. The highest BCUT2D eigenvalue weighted by Crippen LogP contribution is 2.53. The molecule has 7 atom stereocenters. The smallest absolute Gasteiger partial charge is 0.353 e. The van der Waals surface area contributed by atoms with E-state index < -0.39 is 5.97 Å². The van der Waals surface area contributed by atoms with E-state index in [1.54, 1.807) is 0 Å². The lowest BCUT2D eigenvalue weighted by molar-refractivity contribution is -0.160. The molecule has 10 heteroatoms. The maximum absolute atomic E-state index is 12.9. The SMILES string of the molecule is CC(=O)C[C@H](C)[C@H]1C(=O)N2C(C(=O)O)=C(S[C@@H]3CN[C@H](C(=O)N4CCC[C@@H](N)C4)C3)[C@H](C)[C@H]12. The molecule has 4 aliphatic heterocycles. The second-order valence-electron chi connectivity index (χ2n) is 10.0. The summed E-state index contributed by atoms with van der Waals surface area (Å²) in [6.45, 7) is 7.29. The van der Waals surface area contributed by atoms with Crippen LogP contribution in [0.4, 0.5) is 0 Å². The minimum absolute atomic E-state index is 0.0253. The number of carbonyl (C=O) groups is 4. The van der Waals surface area contributed by atoms with E-state index >= 15 is 0 Å². The highest BCUT2D eigenvalue weighted by atomic mass is 32.2. The molecule has 3 saturated heterocycles. The Morgan fingerprint density at radius 1 is 1.33 bits per heavy atom. The van der Waals surface area contributed by atoms with Crippen molar-refractivity contribution in [3.8, 4) is 0 Å². The Morgan fingerprint density at radius 2 is 2.06 bits per heavy atom. The summed E-state index contributed by atoms with van der Waals surface area (Å²) >= 11 is 1.48. The first-order chi connectivity index (χ1) is 15.6. The maximum atomic E-state index is 12.9. The van der Waals surface area contributed by atoms with E-state index in [1.807, 2.05) is 18.7 Å². The Hall–Kier alpha value is -1.91. The molecule has 2 amide bonds. The molecule has 9 nitrogen and oxygen atoms in total. The van der Waals surface area contributed by atoms with Crippen LogP contribution in [0.15, 0.2) is 10.6 Å². The normalized spacial score (nSPS) is 34.8. The van der Waals surface area contributed by atoms with Crippen LogP contribution in [-0.2, 0) is 19.2 Å². The van der Waals surface area contributed by atoms with Crippen molar-refractivity contribution < 1.29 is 24.3 Å². The van der Waals surface area contributed by atoms with Gasteiger partial charge in [0.2, 0.25) is 11.8 Å². The van der Waals surface area contributed by atoms with Gasteiger partial charge in [0.25, 0.3) is 0 Å². The van der Waals surface area contributed by atoms with Crippen LogP contribution in [0.5, 0.6) is 0 Å². The number of carboxylic acids is 1. The van der Waals surface area contributed by atoms with Crippen molar-refractivity contribution in [3.05, 3.63) is 10.6 Å². The molecule has 0 aromatic heterocycles. The van der Waals surface area contributed by atoms with Crippen LogP contribution in [0.25, 0.3) is 0 Å². The van der Waals surface area contributed by atoms with Crippen molar-refractivity contribution >= 4 is 35.3 Å². The average Bonchev–Trinajstić information content (AvgIpc) is 3.29. The van der Waals surface area contributed by atoms with Gasteiger partial charge in [-0.2, -0.15) is 0 Å². The first-order valence-corrected chi connectivity index (χ1v) is 12.7. The Bertz CT molecular complexity index is 892. The van der Waals surface area contributed by atoms with E-state index in [2.05, 4.69) is 5.32 Å². The molecule has 0 radical (unpaired) electrons. The van der Waals surface area contributed by atoms with E-state index in [9.17, 15) is 24.3 Å². The van der Waals surface area contributed by atoms with E-state index in [0.717, 1.165) is 19.4 Å². The fraction of sp³-hybridized carbons (Fsp3) is 0.739. The van der Waals surface area contributed by atoms with Gasteiger partial charge in [-0.15, -0.1) is 11.8 Å². The monoisotopic (exact) mass is 478 g/mol. The Kier molecular flexibility index (Phi) is 6.89. The number of β-lactam (4-membered cyclic amide) rings is 1. The molecule has 3 fully saturated rings. The summed E-state index contributed by atoms with van der Waals surface area (Å²) < 4.78 is 0. The van der Waals surface area contributed by atoms with Crippen molar-refractivity contribution in [1.29, 1.82) is 0 Å². The van der Waals surface area contributed by atoms with E-state index in [-0.39, 0.29) is 64.4 Å². The zero-order valence-corrected chi connectivity index (χ0v) is 20.3. The minimum Gasteiger partial charge on any atom is -0.477 e. The van der Waals surface area contributed by atoms with Crippen LogP contribution in [0, 0.1) is 17.8 Å². The third-order valence-corrected chi connectivity index (χ3v) is 8.98. The first kappa shape index (κ1) is 24.2. The van der Waals surface area contributed by atoms with Gasteiger partial charge in [-0.25, -0.2) is 4.79 Å². The van der Waals surface area contributed by atoms with Gasteiger partial charge in [0.1, 0.15) is 11.5 Å². The molecule has 0 saturated carbocycles. The standard InChI is InChI=1S/C23H34N4O5S/c1-11(7-12(2)28)17-18-13(3)20(19(23(31)32)27(18)22(17)30)33-15-8-16(25-9-15)21(29)26-6-4-5-14(24)10-26/h11,13-18,25H,4-10,24H2,1-3H3,(H,31,32)/t11-,13+,14+,15-,16-,17+,18+/m0/s1. The highest BCUT2D eigenvalue weighted by Gasteiger charge is 2.60. The summed E-state index contributed by atoms with van der Waals surface area (Å²) in [5, 5.41) is 13.3. The number of hydrogen-bond acceptors (Lipinski definition) is 7. The molecular weight excluding hydrogens is 444 g/mol. The van der Waals surface area contributed by atoms with Crippen LogP contribution in [-0.4, -0.2) is 81.5 Å². The van der Waals surface area contributed by atoms with E-state index in [0.29, 0.717) is 30.8 Å². The number of piperidine rings is 1. The summed E-state index contributed by atoms with van der Waals surface area (Å²) in [6, 6.07) is -0.486. The Labute approximate surface area is 198 Å². The molecule has 0 unspecified atom stereocenters. The highest BCUT2D eigenvalue weighted by molar-refractivity contribution is 8.03. The largest absolute Gasteiger partial charge is 0.477 e. The lowest BCUT2D eigenvalue weighted by Gasteiger charge is -2.47. The molecule has 4 aliphatic rings. The number of carbonyl (C=O) groups excluding carboxylic acids is 3.